The van der Waals surface area contributed by atoms with Gasteiger partial charge in [0.05, 0.1) is 6.04 Å². The maximum atomic E-state index is 15.9. The molecule has 2 bridgehead atoms. The normalized spacial score (nSPS) is 43.8. The van der Waals surface area contributed by atoms with Crippen LogP contribution in [0.1, 0.15) is 44.0 Å². The van der Waals surface area contributed by atoms with Gasteiger partial charge in [0.15, 0.2) is 0 Å². The third-order valence-corrected chi connectivity index (χ3v) is 8.18. The second-order valence-electron chi connectivity index (χ2n) is 9.89. The smallest absolute Gasteiger partial charge is 0.327 e. The number of nitrogens with zero attached hydrogens (tertiary/aromatic N) is 1. The number of aromatic amines is 1. The summed E-state index contributed by atoms with van der Waals surface area (Å²) in [6, 6.07) is 8.95. The lowest BCUT2D eigenvalue weighted by molar-refractivity contribution is -0.355. The third kappa shape index (κ3) is 1.77. The first-order valence-electron chi connectivity index (χ1n) is 10.2. The van der Waals surface area contributed by atoms with Gasteiger partial charge in [0, 0.05) is 41.2 Å². The molecule has 4 atom stereocenters. The Balaban J connectivity index is 1.49. The molecule has 3 saturated carbocycles. The van der Waals surface area contributed by atoms with Crippen LogP contribution in [0.3, 0.4) is 0 Å². The average molecular weight is 380 g/mol. The summed E-state index contributed by atoms with van der Waals surface area (Å²) < 4.78 is 15.9. The summed E-state index contributed by atoms with van der Waals surface area (Å²) in [4.78, 5) is 17.1. The van der Waals surface area contributed by atoms with E-state index in [1.807, 2.05) is 0 Å². The number of hydrogen-bond donors (Lipinski definition) is 2. The van der Waals surface area contributed by atoms with Crippen molar-refractivity contribution in [2.45, 2.75) is 50.9 Å². The molecule has 3 aliphatic carbocycles. The number of carboxylic acid groups (broad SMARTS) is 1. The Kier molecular flexibility index (Phi) is 2.92. The van der Waals surface area contributed by atoms with Crippen molar-refractivity contribution >= 4 is 16.9 Å². The van der Waals surface area contributed by atoms with Crippen LogP contribution in [0.5, 0.6) is 0 Å². The maximum Gasteiger partial charge on any atom is 0.327 e. The summed E-state index contributed by atoms with van der Waals surface area (Å²) in [5.74, 6) is -1.05. The number of fused-ring (bicyclic) bond motifs is 5. The van der Waals surface area contributed by atoms with Crippen LogP contribution in [-0.2, 0) is 11.2 Å². The average Bonchev–Trinajstić information content (AvgIpc) is 2.91. The fraction of sp³-hybridized carbons (Fsp3) is 0.522. The topological polar surface area (TPSA) is 56.3 Å². The zero-order chi connectivity index (χ0) is 19.5. The number of benzene rings is 1. The minimum absolute atomic E-state index is 0.0884. The van der Waals surface area contributed by atoms with Gasteiger partial charge < -0.3 is 10.1 Å². The van der Waals surface area contributed by atoms with E-state index in [1.54, 1.807) is 13.0 Å². The Labute approximate surface area is 163 Å². The second-order valence-corrected chi connectivity index (χ2v) is 9.89. The molecule has 2 aromatic rings. The maximum absolute atomic E-state index is 15.9. The Morgan fingerprint density at radius 1 is 1.36 bits per heavy atom. The molecule has 0 radical (unpaired) electrons. The Morgan fingerprint density at radius 2 is 2.11 bits per heavy atom. The molecule has 2 aliphatic heterocycles. The molecule has 0 amide bonds. The number of para-hydroxylation sites is 1. The van der Waals surface area contributed by atoms with Crippen LogP contribution < -0.4 is 0 Å². The zero-order valence-electron chi connectivity index (χ0n) is 16.2. The number of H-pyrrole nitrogens is 1. The van der Waals surface area contributed by atoms with Gasteiger partial charge in [-0.3, -0.25) is 4.90 Å². The summed E-state index contributed by atoms with van der Waals surface area (Å²) in [5, 5.41) is 10.4. The van der Waals surface area contributed by atoms with Crippen molar-refractivity contribution in [2.24, 2.45) is 16.7 Å². The van der Waals surface area contributed by atoms with Crippen molar-refractivity contribution in [1.29, 1.82) is 0 Å². The van der Waals surface area contributed by atoms with Crippen LogP contribution in [0.4, 0.5) is 4.39 Å². The number of hydrogen-bond acceptors (Lipinski definition) is 2. The molecular weight excluding hydrogens is 355 g/mol. The molecule has 1 aromatic carbocycles. The SMILES string of the molecule is C[C@@H]1Cc2c([nH]c3ccccc23)[C@H]2N1CC(C)(F)C1C3(/C=C/C(=O)O)CC12C3. The van der Waals surface area contributed by atoms with Crippen molar-refractivity contribution in [1.82, 2.24) is 9.88 Å². The molecule has 146 valence electrons. The molecule has 4 nitrogen and oxygen atoms in total. The molecule has 1 saturated heterocycles. The lowest BCUT2D eigenvalue weighted by Gasteiger charge is -2.83. The van der Waals surface area contributed by atoms with E-state index in [9.17, 15) is 4.79 Å². The molecule has 5 aliphatic rings. The van der Waals surface area contributed by atoms with Crippen LogP contribution in [0.2, 0.25) is 0 Å². The van der Waals surface area contributed by atoms with Crippen molar-refractivity contribution < 1.29 is 14.3 Å². The molecule has 2 unspecified atom stereocenters. The van der Waals surface area contributed by atoms with E-state index < -0.39 is 11.6 Å². The van der Waals surface area contributed by atoms with Gasteiger partial charge in [-0.15, -0.1) is 0 Å². The summed E-state index contributed by atoms with van der Waals surface area (Å²) >= 11 is 0. The van der Waals surface area contributed by atoms with Gasteiger partial charge in [-0.2, -0.15) is 0 Å². The number of aromatic nitrogens is 1. The molecule has 28 heavy (non-hydrogen) atoms. The lowest BCUT2D eigenvalue weighted by Crippen LogP contribution is -2.82. The van der Waals surface area contributed by atoms with E-state index in [-0.39, 0.29) is 22.8 Å². The molecule has 2 N–H and O–H groups in total. The van der Waals surface area contributed by atoms with Crippen LogP contribution in [0.25, 0.3) is 10.9 Å². The van der Waals surface area contributed by atoms with Gasteiger partial charge in [0.2, 0.25) is 0 Å². The molecule has 1 spiro atoms. The minimum Gasteiger partial charge on any atom is -0.478 e. The lowest BCUT2D eigenvalue weighted by atomic mass is 9.23. The second kappa shape index (κ2) is 4.88. The molecule has 3 heterocycles. The first-order chi connectivity index (χ1) is 13.3. The van der Waals surface area contributed by atoms with Crippen LogP contribution in [0, 0.1) is 16.7 Å². The number of nitrogens with one attached hydrogen (secondary N) is 1. The van der Waals surface area contributed by atoms with Crippen molar-refractivity contribution in [3.05, 3.63) is 47.7 Å². The fourth-order valence-corrected chi connectivity index (χ4v) is 7.71. The van der Waals surface area contributed by atoms with Gasteiger partial charge in [0.1, 0.15) is 5.67 Å². The van der Waals surface area contributed by atoms with E-state index in [0.717, 1.165) is 19.3 Å². The fourth-order valence-electron chi connectivity index (χ4n) is 7.71. The number of halogens is 1. The number of carboxylic acids is 1. The monoisotopic (exact) mass is 380 g/mol. The predicted molar refractivity (Wildman–Crippen MR) is 105 cm³/mol. The number of aliphatic carboxylic acids is 1. The highest BCUT2D eigenvalue weighted by atomic mass is 19.1. The Hall–Kier alpha value is -2.14. The van der Waals surface area contributed by atoms with Crippen molar-refractivity contribution in [3.63, 3.8) is 0 Å². The highest BCUT2D eigenvalue weighted by molar-refractivity contribution is 5.85. The number of carbonyl (C=O) groups is 1. The molecule has 1 aromatic heterocycles. The van der Waals surface area contributed by atoms with Gasteiger partial charge >= 0.3 is 5.97 Å². The van der Waals surface area contributed by atoms with E-state index in [2.05, 4.69) is 41.1 Å². The summed E-state index contributed by atoms with van der Waals surface area (Å²) in [6.07, 6.45) is 5.72. The minimum atomic E-state index is -1.30. The molecule has 7 rings (SSSR count). The molecule has 4 fully saturated rings. The van der Waals surface area contributed by atoms with Gasteiger partial charge in [-0.25, -0.2) is 9.18 Å². The van der Waals surface area contributed by atoms with E-state index >= 15 is 4.39 Å². The van der Waals surface area contributed by atoms with Crippen molar-refractivity contribution in [3.8, 4) is 0 Å². The van der Waals surface area contributed by atoms with E-state index in [0.29, 0.717) is 12.6 Å². The molecular formula is C23H25FN2O2. The largest absolute Gasteiger partial charge is 0.478 e. The number of allylic oxidation sites excluding steroid dienone is 1. The van der Waals surface area contributed by atoms with Gasteiger partial charge in [0.25, 0.3) is 0 Å². The number of rotatable bonds is 2. The Morgan fingerprint density at radius 3 is 2.86 bits per heavy atom. The summed E-state index contributed by atoms with van der Waals surface area (Å²) in [6.45, 7) is 4.38. The summed E-state index contributed by atoms with van der Waals surface area (Å²) in [7, 11) is 0. The highest BCUT2D eigenvalue weighted by Gasteiger charge is 2.84. The van der Waals surface area contributed by atoms with Gasteiger partial charge in [-0.05, 0) is 55.6 Å². The standard InChI is InChI=1S/C23H25FN2O2/c1-13-9-15-14-5-3-4-6-16(14)25-18(15)19-23-10-22(11-23,8-7-17(27)28)20(23)21(2,24)12-26(13)19/h3-8,13,19-20,25H,9-12H2,1-2H3,(H,27,28)/b8-7+/t13-,19-,20?,21?,22?,23?/m1/s1. The molecule has 5 heteroatoms. The highest BCUT2D eigenvalue weighted by Crippen LogP contribution is 2.86. The first-order valence-corrected chi connectivity index (χ1v) is 10.2. The van der Waals surface area contributed by atoms with E-state index in [1.165, 1.54) is 28.2 Å². The van der Waals surface area contributed by atoms with Crippen molar-refractivity contribution in [2.75, 3.05) is 6.54 Å². The predicted octanol–water partition coefficient (Wildman–Crippen LogP) is 4.23. The first kappa shape index (κ1) is 16.8. The summed E-state index contributed by atoms with van der Waals surface area (Å²) in [5.41, 5.74) is 2.17. The Bertz CT molecular complexity index is 1050. The number of alkyl halides is 1. The van der Waals surface area contributed by atoms with Crippen LogP contribution >= 0.6 is 0 Å². The quantitative estimate of drug-likeness (QED) is 0.767. The van der Waals surface area contributed by atoms with Gasteiger partial charge in [-0.1, -0.05) is 24.3 Å². The zero-order valence-corrected chi connectivity index (χ0v) is 16.2. The van der Waals surface area contributed by atoms with Crippen LogP contribution in [-0.4, -0.2) is 39.2 Å². The van der Waals surface area contributed by atoms with E-state index in [4.69, 9.17) is 5.11 Å². The number of piperidine rings is 1. The third-order valence-electron chi connectivity index (χ3n) is 8.18. The van der Waals surface area contributed by atoms with Crippen LogP contribution in [0.15, 0.2) is 36.4 Å².